The molecule has 0 aliphatic heterocycles. The number of carbonyl (C=O) groups excluding carboxylic acids is 1. The highest BCUT2D eigenvalue weighted by Gasteiger charge is 2.09. The highest BCUT2D eigenvalue weighted by molar-refractivity contribution is 5.85. The average molecular weight is 287 g/mol. The van der Waals surface area contributed by atoms with Crippen LogP contribution in [0, 0.1) is 6.92 Å². The quantitative estimate of drug-likeness (QED) is 0.871. The van der Waals surface area contributed by atoms with E-state index < -0.39 is 6.09 Å². The summed E-state index contributed by atoms with van der Waals surface area (Å²) >= 11 is 0. The summed E-state index contributed by atoms with van der Waals surface area (Å²) in [4.78, 5) is 17.0. The second-order valence-electron chi connectivity index (χ2n) is 4.63. The van der Waals surface area contributed by atoms with Crippen molar-refractivity contribution >= 4 is 18.3 Å². The summed E-state index contributed by atoms with van der Waals surface area (Å²) in [6, 6.07) is 7.11. The summed E-state index contributed by atoms with van der Waals surface area (Å²) in [5.74, 6) is 0.724. The molecule has 21 heavy (non-hydrogen) atoms. The van der Waals surface area contributed by atoms with E-state index in [0.717, 1.165) is 5.69 Å². The zero-order valence-corrected chi connectivity index (χ0v) is 12.1. The van der Waals surface area contributed by atoms with Crippen molar-refractivity contribution in [3.05, 3.63) is 41.7 Å². The summed E-state index contributed by atoms with van der Waals surface area (Å²) < 4.78 is 6.73. The molecule has 1 aromatic heterocycles. The van der Waals surface area contributed by atoms with Crippen LogP contribution in [0.2, 0.25) is 0 Å². The molecule has 0 aliphatic rings. The van der Waals surface area contributed by atoms with E-state index in [2.05, 4.69) is 10.1 Å². The molecule has 0 unspecified atom stereocenters. The lowest BCUT2D eigenvalue weighted by Crippen LogP contribution is -2.25. The minimum atomic E-state index is -0.450. The van der Waals surface area contributed by atoms with Crippen LogP contribution in [0.25, 0.3) is 0 Å². The second-order valence-corrected chi connectivity index (χ2v) is 4.63. The van der Waals surface area contributed by atoms with Crippen LogP contribution in [0.1, 0.15) is 11.3 Å². The molecule has 0 bridgehead atoms. The van der Waals surface area contributed by atoms with E-state index in [1.165, 1.54) is 9.58 Å². The number of para-hydroxylation sites is 1. The van der Waals surface area contributed by atoms with E-state index in [1.807, 2.05) is 13.0 Å². The molecule has 1 heterocycles. The Morgan fingerprint density at radius 1 is 1.43 bits per heavy atom. The first-order valence-corrected chi connectivity index (χ1v) is 6.31. The van der Waals surface area contributed by atoms with Gasteiger partial charge in [-0.2, -0.15) is 5.10 Å². The van der Waals surface area contributed by atoms with Crippen molar-refractivity contribution in [1.82, 2.24) is 14.6 Å². The molecule has 0 atom stereocenters. The predicted octanol–water partition coefficient (Wildman–Crippen LogP) is 1.72. The fourth-order valence-corrected chi connectivity index (χ4v) is 1.59. The third kappa shape index (κ3) is 3.59. The van der Waals surface area contributed by atoms with Crippen molar-refractivity contribution < 1.29 is 9.53 Å². The maximum atomic E-state index is 11.6. The lowest BCUT2D eigenvalue weighted by Gasteiger charge is -2.12. The summed E-state index contributed by atoms with van der Waals surface area (Å²) in [5.41, 5.74) is 7.15. The van der Waals surface area contributed by atoms with Crippen LogP contribution in [0.5, 0.6) is 5.75 Å². The minimum Gasteiger partial charge on any atom is -0.410 e. The van der Waals surface area contributed by atoms with Gasteiger partial charge in [-0.3, -0.25) is 0 Å². The Labute approximate surface area is 122 Å². The Bertz CT molecular complexity index is 676. The lowest BCUT2D eigenvalue weighted by atomic mass is 10.2. The van der Waals surface area contributed by atoms with E-state index in [0.29, 0.717) is 17.3 Å². The van der Waals surface area contributed by atoms with Gasteiger partial charge in [-0.25, -0.2) is 14.5 Å². The Kier molecular flexibility index (Phi) is 4.22. The highest BCUT2D eigenvalue weighted by atomic mass is 16.6. The molecule has 2 aromatic rings. The molecule has 0 aliphatic carbocycles. The van der Waals surface area contributed by atoms with Crippen LogP contribution >= 0.6 is 0 Å². The smallest absolute Gasteiger partial charge is 0.410 e. The molecule has 1 aromatic carbocycles. The van der Waals surface area contributed by atoms with Gasteiger partial charge in [0.15, 0.2) is 0 Å². The Morgan fingerprint density at radius 2 is 2.14 bits per heavy atom. The fourth-order valence-electron chi connectivity index (χ4n) is 1.59. The van der Waals surface area contributed by atoms with E-state index in [4.69, 9.17) is 10.5 Å². The van der Waals surface area contributed by atoms with Gasteiger partial charge in [0.1, 0.15) is 5.75 Å². The summed E-state index contributed by atoms with van der Waals surface area (Å²) in [5, 5.41) is 4.21. The first kappa shape index (κ1) is 14.6. The van der Waals surface area contributed by atoms with Crippen LogP contribution < -0.4 is 10.5 Å². The van der Waals surface area contributed by atoms with E-state index in [-0.39, 0.29) is 0 Å². The number of ether oxygens (including phenoxy) is 1. The zero-order valence-electron chi connectivity index (χ0n) is 12.1. The normalized spacial score (nSPS) is 10.8. The second kappa shape index (κ2) is 6.08. The van der Waals surface area contributed by atoms with Gasteiger partial charge >= 0.3 is 6.09 Å². The molecule has 2 N–H and O–H groups in total. The van der Waals surface area contributed by atoms with E-state index in [1.54, 1.807) is 44.7 Å². The number of carbonyl (C=O) groups is 1. The van der Waals surface area contributed by atoms with Crippen molar-refractivity contribution in [2.45, 2.75) is 6.92 Å². The molecule has 7 nitrogen and oxygen atoms in total. The Balaban J connectivity index is 2.24. The van der Waals surface area contributed by atoms with Crippen LogP contribution in [-0.4, -0.2) is 41.0 Å². The maximum Gasteiger partial charge on any atom is 0.414 e. The SMILES string of the molecule is Cc1cn(N=Cc2ccccc2OC(=O)N(C)C)c(N)n1. The standard InChI is InChI=1S/C14H17N5O2/c1-10-9-19(13(15)17-10)16-8-11-6-4-5-7-12(11)21-14(20)18(2)3/h4-9H,1-3H3,(H2,15,17). The van der Waals surface area contributed by atoms with Gasteiger partial charge in [0.2, 0.25) is 5.95 Å². The number of amides is 1. The third-order valence-electron chi connectivity index (χ3n) is 2.64. The molecule has 110 valence electrons. The Morgan fingerprint density at radius 3 is 2.76 bits per heavy atom. The fraction of sp³-hybridized carbons (Fsp3) is 0.214. The average Bonchev–Trinajstić information content (AvgIpc) is 2.76. The first-order valence-electron chi connectivity index (χ1n) is 6.31. The predicted molar refractivity (Wildman–Crippen MR) is 80.5 cm³/mol. The van der Waals surface area contributed by atoms with Crippen molar-refractivity contribution in [2.24, 2.45) is 5.10 Å². The van der Waals surface area contributed by atoms with Crippen molar-refractivity contribution in [2.75, 3.05) is 19.8 Å². The molecular weight excluding hydrogens is 270 g/mol. The van der Waals surface area contributed by atoms with Crippen molar-refractivity contribution in [1.29, 1.82) is 0 Å². The molecule has 0 fully saturated rings. The number of nitrogens with two attached hydrogens (primary N) is 1. The number of anilines is 1. The molecule has 0 saturated carbocycles. The minimum absolute atomic E-state index is 0.298. The van der Waals surface area contributed by atoms with Gasteiger partial charge in [0, 0.05) is 19.7 Å². The highest BCUT2D eigenvalue weighted by Crippen LogP contribution is 2.17. The topological polar surface area (TPSA) is 85.7 Å². The van der Waals surface area contributed by atoms with Crippen molar-refractivity contribution in [3.63, 3.8) is 0 Å². The summed E-state index contributed by atoms with van der Waals surface area (Å²) in [6.45, 7) is 1.83. The number of imidazole rings is 1. The van der Waals surface area contributed by atoms with Crippen LogP contribution in [-0.2, 0) is 0 Å². The van der Waals surface area contributed by atoms with Gasteiger partial charge < -0.3 is 15.4 Å². The number of nitrogen functional groups attached to an aromatic ring is 1. The van der Waals surface area contributed by atoms with Gasteiger partial charge in [-0.1, -0.05) is 12.1 Å². The zero-order chi connectivity index (χ0) is 15.4. The summed E-state index contributed by atoms with van der Waals surface area (Å²) in [6.07, 6.45) is 2.82. The molecule has 1 amide bonds. The number of rotatable bonds is 3. The van der Waals surface area contributed by atoms with Gasteiger partial charge in [0.05, 0.1) is 18.1 Å². The van der Waals surface area contributed by atoms with Gasteiger partial charge in [-0.15, -0.1) is 0 Å². The van der Waals surface area contributed by atoms with Crippen LogP contribution in [0.3, 0.4) is 0 Å². The monoisotopic (exact) mass is 287 g/mol. The number of benzene rings is 1. The molecule has 0 saturated heterocycles. The molecule has 2 rings (SSSR count). The number of nitrogens with zero attached hydrogens (tertiary/aromatic N) is 4. The molecular formula is C14H17N5O2. The van der Waals surface area contributed by atoms with E-state index >= 15 is 0 Å². The largest absolute Gasteiger partial charge is 0.414 e. The van der Waals surface area contributed by atoms with Gasteiger partial charge in [0.25, 0.3) is 0 Å². The number of hydrogen-bond acceptors (Lipinski definition) is 5. The number of aromatic nitrogens is 2. The first-order chi connectivity index (χ1) is 9.97. The summed E-state index contributed by atoms with van der Waals surface area (Å²) in [7, 11) is 3.24. The molecule has 0 radical (unpaired) electrons. The number of hydrogen-bond donors (Lipinski definition) is 1. The van der Waals surface area contributed by atoms with E-state index in [9.17, 15) is 4.79 Å². The van der Waals surface area contributed by atoms with Crippen molar-refractivity contribution in [3.8, 4) is 5.75 Å². The maximum absolute atomic E-state index is 11.6. The van der Waals surface area contributed by atoms with Crippen LogP contribution in [0.15, 0.2) is 35.6 Å². The molecule has 0 spiro atoms. The van der Waals surface area contributed by atoms with Gasteiger partial charge in [-0.05, 0) is 19.1 Å². The Hall–Kier alpha value is -2.83. The third-order valence-corrected chi connectivity index (χ3v) is 2.64. The number of aryl methyl sites for hydroxylation is 1. The lowest BCUT2D eigenvalue weighted by molar-refractivity contribution is 0.172. The molecule has 7 heteroatoms. The van der Waals surface area contributed by atoms with Crippen LogP contribution in [0.4, 0.5) is 10.7 Å².